The molecule has 0 aromatic heterocycles. The van der Waals surface area contributed by atoms with Gasteiger partial charge in [0.25, 0.3) is 0 Å². The van der Waals surface area contributed by atoms with Crippen LogP contribution in [0.15, 0.2) is 12.1 Å². The molecule has 0 radical (unpaired) electrons. The third kappa shape index (κ3) is 1.30. The molecule has 2 rings (SSSR count). The molecule has 0 saturated heterocycles. The van der Waals surface area contributed by atoms with Gasteiger partial charge in [-0.3, -0.25) is 0 Å². The van der Waals surface area contributed by atoms with Crippen molar-refractivity contribution in [3.05, 3.63) is 17.7 Å². The van der Waals surface area contributed by atoms with Crippen molar-refractivity contribution < 1.29 is 5.11 Å². The van der Waals surface area contributed by atoms with Gasteiger partial charge >= 0.3 is 0 Å². The Morgan fingerprint density at radius 2 is 2.23 bits per heavy atom. The van der Waals surface area contributed by atoms with E-state index in [1.165, 1.54) is 5.56 Å². The Morgan fingerprint density at radius 1 is 1.46 bits per heavy atom. The van der Waals surface area contributed by atoms with Gasteiger partial charge in [0.05, 0.1) is 5.69 Å². The van der Waals surface area contributed by atoms with E-state index in [-0.39, 0.29) is 5.75 Å². The van der Waals surface area contributed by atoms with Crippen LogP contribution in [0.25, 0.3) is 0 Å². The summed E-state index contributed by atoms with van der Waals surface area (Å²) in [6.07, 6.45) is 2.22. The van der Waals surface area contributed by atoms with Crippen LogP contribution in [0.3, 0.4) is 0 Å². The molecular weight excluding hydrogens is 164 g/mol. The Kier molecular flexibility index (Phi) is 1.79. The van der Waals surface area contributed by atoms with Crippen molar-refractivity contribution in [3.63, 3.8) is 0 Å². The first-order valence-electron chi connectivity index (χ1n) is 4.51. The molecule has 3 heteroatoms. The number of hydrogen-bond acceptors (Lipinski definition) is 3. The zero-order valence-corrected chi connectivity index (χ0v) is 7.75. The molecule has 0 amide bonds. The molecule has 1 aromatic carbocycles. The Bertz CT molecular complexity index is 336. The minimum atomic E-state index is 0.188. The van der Waals surface area contributed by atoms with Crippen LogP contribution in [0.5, 0.6) is 5.75 Å². The molecule has 0 bridgehead atoms. The van der Waals surface area contributed by atoms with Crippen LogP contribution in [-0.4, -0.2) is 18.7 Å². The fraction of sp³-hybridized carbons (Fsp3) is 0.400. The van der Waals surface area contributed by atoms with E-state index in [0.717, 1.165) is 25.1 Å². The minimum Gasteiger partial charge on any atom is -0.506 e. The van der Waals surface area contributed by atoms with Gasteiger partial charge in [-0.25, -0.2) is 0 Å². The normalized spacial score (nSPS) is 15.6. The maximum Gasteiger partial charge on any atom is 0.140 e. The smallest absolute Gasteiger partial charge is 0.140 e. The van der Waals surface area contributed by atoms with Gasteiger partial charge in [-0.15, -0.1) is 0 Å². The lowest BCUT2D eigenvalue weighted by atomic mass is 10.0. The molecule has 1 heterocycles. The van der Waals surface area contributed by atoms with Gasteiger partial charge in [0.2, 0.25) is 0 Å². The lowest BCUT2D eigenvalue weighted by Gasteiger charge is -2.27. The van der Waals surface area contributed by atoms with Gasteiger partial charge in [-0.05, 0) is 24.5 Å². The maximum absolute atomic E-state index is 9.44. The summed E-state index contributed by atoms with van der Waals surface area (Å²) >= 11 is 0. The number of nitrogen functional groups attached to an aromatic ring is 1. The molecule has 0 aliphatic carbocycles. The summed E-state index contributed by atoms with van der Waals surface area (Å²) in [4.78, 5) is 2.15. The fourth-order valence-corrected chi connectivity index (χ4v) is 1.82. The third-order valence-corrected chi connectivity index (χ3v) is 2.58. The third-order valence-electron chi connectivity index (χ3n) is 2.58. The van der Waals surface area contributed by atoms with Gasteiger partial charge in [-0.1, -0.05) is 0 Å². The summed E-state index contributed by atoms with van der Waals surface area (Å²) in [7, 11) is 2.04. The number of nitrogens with two attached hydrogens (primary N) is 1. The van der Waals surface area contributed by atoms with E-state index in [9.17, 15) is 5.11 Å². The predicted molar refractivity (Wildman–Crippen MR) is 54.1 cm³/mol. The average Bonchev–Trinajstić information content (AvgIpc) is 2.09. The van der Waals surface area contributed by atoms with E-state index in [1.54, 1.807) is 6.07 Å². The number of rotatable bonds is 0. The molecule has 0 saturated carbocycles. The second-order valence-corrected chi connectivity index (χ2v) is 3.56. The van der Waals surface area contributed by atoms with Crippen LogP contribution in [0, 0.1) is 0 Å². The van der Waals surface area contributed by atoms with Gasteiger partial charge in [-0.2, -0.15) is 0 Å². The van der Waals surface area contributed by atoms with Crippen LogP contribution in [0.1, 0.15) is 12.0 Å². The van der Waals surface area contributed by atoms with Gasteiger partial charge in [0, 0.05) is 25.3 Å². The molecular formula is C10H14N2O. The number of anilines is 2. The topological polar surface area (TPSA) is 49.5 Å². The molecule has 13 heavy (non-hydrogen) atoms. The van der Waals surface area contributed by atoms with Crippen molar-refractivity contribution in [2.45, 2.75) is 12.8 Å². The molecule has 1 aromatic rings. The SMILES string of the molecule is CN1CCCc2cc(N)c(O)cc21. The summed E-state index contributed by atoms with van der Waals surface area (Å²) < 4.78 is 0. The molecule has 0 atom stereocenters. The number of benzene rings is 1. The number of aryl methyl sites for hydroxylation is 1. The van der Waals surface area contributed by atoms with Crippen molar-refractivity contribution in [2.75, 3.05) is 24.2 Å². The molecule has 1 aliphatic heterocycles. The number of nitrogens with zero attached hydrogens (tertiary/aromatic N) is 1. The molecule has 0 unspecified atom stereocenters. The van der Waals surface area contributed by atoms with Gasteiger partial charge < -0.3 is 15.7 Å². The monoisotopic (exact) mass is 178 g/mol. The van der Waals surface area contributed by atoms with E-state index in [4.69, 9.17) is 5.73 Å². The highest BCUT2D eigenvalue weighted by Gasteiger charge is 2.15. The lowest BCUT2D eigenvalue weighted by Crippen LogP contribution is -2.24. The second kappa shape index (κ2) is 2.83. The molecule has 70 valence electrons. The highest BCUT2D eigenvalue weighted by Crippen LogP contribution is 2.33. The summed E-state index contributed by atoms with van der Waals surface area (Å²) in [6.45, 7) is 1.05. The molecule has 3 nitrogen and oxygen atoms in total. The van der Waals surface area contributed by atoms with E-state index in [1.807, 2.05) is 13.1 Å². The quantitative estimate of drug-likeness (QED) is 0.466. The van der Waals surface area contributed by atoms with E-state index < -0.39 is 0 Å². The van der Waals surface area contributed by atoms with Crippen LogP contribution >= 0.6 is 0 Å². The van der Waals surface area contributed by atoms with E-state index in [0.29, 0.717) is 5.69 Å². The van der Waals surface area contributed by atoms with Gasteiger partial charge in [0.15, 0.2) is 0 Å². The summed E-state index contributed by atoms with van der Waals surface area (Å²) in [5, 5.41) is 9.44. The second-order valence-electron chi connectivity index (χ2n) is 3.56. The fourth-order valence-electron chi connectivity index (χ4n) is 1.82. The van der Waals surface area contributed by atoms with Gasteiger partial charge in [0.1, 0.15) is 5.75 Å². The largest absolute Gasteiger partial charge is 0.506 e. The zero-order valence-electron chi connectivity index (χ0n) is 7.75. The minimum absolute atomic E-state index is 0.188. The van der Waals surface area contributed by atoms with Crippen LogP contribution in [-0.2, 0) is 6.42 Å². The molecule has 1 aliphatic rings. The Labute approximate surface area is 77.8 Å². The number of aromatic hydroxyl groups is 1. The average molecular weight is 178 g/mol. The number of hydrogen-bond donors (Lipinski definition) is 2. The highest BCUT2D eigenvalue weighted by molar-refractivity contribution is 5.67. The van der Waals surface area contributed by atoms with Crippen molar-refractivity contribution in [1.82, 2.24) is 0 Å². The van der Waals surface area contributed by atoms with E-state index >= 15 is 0 Å². The lowest BCUT2D eigenvalue weighted by molar-refractivity contribution is 0.477. The number of phenols is 1. The molecule has 0 spiro atoms. The highest BCUT2D eigenvalue weighted by atomic mass is 16.3. The Hall–Kier alpha value is -1.38. The maximum atomic E-state index is 9.44. The van der Waals surface area contributed by atoms with Crippen molar-refractivity contribution >= 4 is 11.4 Å². The van der Waals surface area contributed by atoms with Crippen molar-refractivity contribution in [1.29, 1.82) is 0 Å². The standard InChI is InChI=1S/C10H14N2O/c1-12-4-2-3-7-5-8(11)10(13)6-9(7)12/h5-6,13H,2-4,11H2,1H3. The number of phenolic OH excluding ortho intramolecular Hbond substituents is 1. The predicted octanol–water partition coefficient (Wildman–Crippen LogP) is 1.36. The zero-order chi connectivity index (χ0) is 9.42. The van der Waals surface area contributed by atoms with Crippen LogP contribution < -0.4 is 10.6 Å². The summed E-state index contributed by atoms with van der Waals surface area (Å²) in [5.74, 6) is 0.188. The first-order valence-corrected chi connectivity index (χ1v) is 4.51. The van der Waals surface area contributed by atoms with Crippen molar-refractivity contribution in [2.24, 2.45) is 0 Å². The Morgan fingerprint density at radius 3 is 3.00 bits per heavy atom. The first kappa shape index (κ1) is 8.23. The summed E-state index contributed by atoms with van der Waals surface area (Å²) in [6, 6.07) is 3.63. The van der Waals surface area contributed by atoms with E-state index in [2.05, 4.69) is 4.90 Å². The number of fused-ring (bicyclic) bond motifs is 1. The molecule has 0 fully saturated rings. The molecule has 3 N–H and O–H groups in total. The van der Waals surface area contributed by atoms with Crippen LogP contribution in [0.4, 0.5) is 11.4 Å². The summed E-state index contributed by atoms with van der Waals surface area (Å²) in [5.41, 5.74) is 8.45. The first-order chi connectivity index (χ1) is 6.18. The Balaban J connectivity index is 2.52. The van der Waals surface area contributed by atoms with Crippen LogP contribution in [0.2, 0.25) is 0 Å². The van der Waals surface area contributed by atoms with Crippen molar-refractivity contribution in [3.8, 4) is 5.75 Å².